The average Bonchev–Trinajstić information content (AvgIpc) is 3.61. The molecule has 2 aromatic carbocycles. The van der Waals surface area contributed by atoms with Crippen LogP contribution in [0.4, 0.5) is 0 Å². The third-order valence-electron chi connectivity index (χ3n) is 5.38. The lowest BCUT2D eigenvalue weighted by atomic mass is 10.1. The van der Waals surface area contributed by atoms with Crippen molar-refractivity contribution in [3.05, 3.63) is 58.7 Å². The number of benzene rings is 2. The number of thioether (sulfide) groups is 2. The van der Waals surface area contributed by atoms with E-state index in [0.717, 1.165) is 44.7 Å². The molecule has 10 nitrogen and oxygen atoms in total. The molecule has 4 rings (SSSR count). The minimum atomic E-state index is -4.15. The number of halogens is 2. The maximum atomic E-state index is 11.1. The molecule has 0 unspecified atom stereocenters. The van der Waals surface area contributed by atoms with Gasteiger partial charge >= 0.3 is 18.6 Å². The molecule has 2 heterocycles. The van der Waals surface area contributed by atoms with Gasteiger partial charge in [0, 0.05) is 304 Å². The number of hydrogen-bond donors (Lipinski definition) is 4. The molecule has 42 heteroatoms. The summed E-state index contributed by atoms with van der Waals surface area (Å²) in [7, 11) is 42.4. The van der Waals surface area contributed by atoms with Crippen molar-refractivity contribution in [2.75, 3.05) is 24.6 Å². The third-order valence-corrected chi connectivity index (χ3v) is 59.7. The predicted octanol–water partition coefficient (Wildman–Crippen LogP) is 2.72. The smallest absolute Gasteiger partial charge is 0.336 e. The topological polar surface area (TPSA) is 176 Å². The van der Waals surface area contributed by atoms with E-state index < -0.39 is 18.6 Å². The van der Waals surface area contributed by atoms with Gasteiger partial charge in [-0.3, -0.25) is 4.55 Å². The molecule has 6 N–H and O–H groups in total. The van der Waals surface area contributed by atoms with Crippen LogP contribution in [-0.2, 0) is 280 Å². The maximum absolute atomic E-state index is 11.1. The van der Waals surface area contributed by atoms with E-state index in [1.165, 1.54) is 28.2 Å². The fraction of sp³-hybridized carbons (Fsp3) is 0.429. The largest absolute Gasteiger partial charge is 0.412 e. The highest BCUT2D eigenvalue weighted by Crippen LogP contribution is 2.29. The lowest BCUT2D eigenvalue weighted by Crippen LogP contribution is -2.31. The first-order valence-corrected chi connectivity index (χ1v) is 54.2. The Kier molecular flexibility index (Phi) is 52.2. The first-order chi connectivity index (χ1) is 29.3. The van der Waals surface area contributed by atoms with Crippen molar-refractivity contribution in [3.63, 3.8) is 0 Å². The van der Waals surface area contributed by atoms with Crippen LogP contribution in [-0.4, -0.2) is 66.0 Å². The van der Waals surface area contributed by atoms with Crippen LogP contribution in [0.15, 0.2) is 46.2 Å². The fourth-order valence-electron chi connectivity index (χ4n) is 3.43. The van der Waals surface area contributed by atoms with Gasteiger partial charge in [0.05, 0.1) is 13.2 Å². The summed E-state index contributed by atoms with van der Waals surface area (Å²) >= 11 is 13.0. The van der Waals surface area contributed by atoms with Gasteiger partial charge in [-0.05, 0) is 34.4 Å². The number of nitrogens with one attached hydrogen (secondary N) is 1. The molecule has 0 radical (unpaired) electrons. The highest BCUT2D eigenvalue weighted by Gasteiger charge is 2.23. The van der Waals surface area contributed by atoms with Crippen LogP contribution in [0.1, 0.15) is 29.7 Å². The number of fused-ring (bicyclic) bond motifs is 2. The lowest BCUT2D eigenvalue weighted by Gasteiger charge is -2.15. The monoisotopic (exact) mass is 1470 g/mol. The summed E-state index contributed by atoms with van der Waals surface area (Å²) < 4.78 is 50.7. The minimum Gasteiger partial charge on any atom is -0.412 e. The molecule has 0 aromatic heterocycles. The molecule has 0 bridgehead atoms. The number of nitrogens with zero attached hydrogens (tertiary/aromatic N) is 1. The molecule has 0 atom stereocenters. The zero-order valence-electron chi connectivity index (χ0n) is 29.5. The van der Waals surface area contributed by atoms with Crippen LogP contribution >= 0.6 is 44.9 Å². The molecule has 2 aliphatic heterocycles. The summed E-state index contributed by atoms with van der Waals surface area (Å²) in [5.41, 5.74) is 3.87. The minimum absolute atomic E-state index is 0. The fourth-order valence-corrected chi connectivity index (χ4v) is 66.5. The van der Waals surface area contributed by atoms with Crippen molar-refractivity contribution in [2.45, 2.75) is 43.5 Å². The first-order valence-electron chi connectivity index (χ1n) is 14.4. The SMILES string of the molecule is C.O.O=S(=O)(Cl)Cl.O=S(=O)(O)N1CCSc2ccc(CO)cc2C1.OCc1ccc2c(c1)CNCCS2.S=S=S=S=S=S=S=S=S=S=S=S=S=S=S=S=S=S=S=S=S=S=S=S=S=S. The molecule has 0 fully saturated rings. The van der Waals surface area contributed by atoms with Gasteiger partial charge in [-0.2, -0.15) is 21.1 Å². The summed E-state index contributed by atoms with van der Waals surface area (Å²) in [4.78, 5) is 2.34. The number of aliphatic hydroxyl groups is 2. The standard InChI is InChI=1S/C10H13NO4S2.C10H13NOS.CH4.Cl2O2S.H2O.S26/c12-7-8-1-2-10-9(5-8)6-11(3-4-16-10)17(13,14)15;12-7-8-1-2-10-9(5-8)6-11-3-4-13-10;;1-5(2,3)4;;1-3-5-7-9-11-13-15-17-19-21-23-25-26-24-22-20-18-16-14-12-10-8-6-4-2/h1-2,5,12H,3-4,6-7H2,(H,13,14,15);1-2,5,11-12H,3-4,6-7H2;1H4;;1H2;. The highest BCUT2D eigenvalue weighted by atomic mass is 36.0. The van der Waals surface area contributed by atoms with Crippen LogP contribution in [0.25, 0.3) is 0 Å². The summed E-state index contributed by atoms with van der Waals surface area (Å²) in [5.74, 6) is 1.73. The second kappa shape index (κ2) is 46.9. The van der Waals surface area contributed by atoms with E-state index in [2.05, 4.69) is 38.8 Å². The van der Waals surface area contributed by atoms with Gasteiger partial charge in [0.25, 0.3) is 0 Å². The Hall–Kier alpha value is 5.10. The molecular weight excluding hydrogens is 1440 g/mol. The molecular formula is C21H32Cl2N2O8S30. The lowest BCUT2D eigenvalue weighted by molar-refractivity contribution is 0.281. The number of hydrogen-bond acceptors (Lipinski definition) is 11. The first kappa shape index (κ1) is 70.2. The van der Waals surface area contributed by atoms with Crippen molar-refractivity contribution in [1.29, 1.82) is 0 Å². The molecule has 0 amide bonds. The molecule has 63 heavy (non-hydrogen) atoms. The quantitative estimate of drug-likeness (QED) is 0.262. The molecule has 0 saturated heterocycles. The predicted molar refractivity (Wildman–Crippen MR) is 342 cm³/mol. The van der Waals surface area contributed by atoms with E-state index in [4.69, 9.17) is 45.6 Å². The van der Waals surface area contributed by atoms with Gasteiger partial charge in [0.1, 0.15) is 0 Å². The highest BCUT2D eigenvalue weighted by molar-refractivity contribution is 8.79. The summed E-state index contributed by atoms with van der Waals surface area (Å²) in [6.45, 7) is 2.48. The Bertz CT molecular complexity index is 3020. The van der Waals surface area contributed by atoms with Crippen LogP contribution < -0.4 is 5.32 Å². The van der Waals surface area contributed by atoms with Crippen LogP contribution in [0.5, 0.6) is 0 Å². The normalized spacial score (nSPS) is 12.1. The van der Waals surface area contributed by atoms with Gasteiger partial charge < -0.3 is 21.0 Å². The Morgan fingerprint density at radius 2 is 0.937 bits per heavy atom. The summed E-state index contributed by atoms with van der Waals surface area (Å²) in [6, 6.07) is 11.6. The van der Waals surface area contributed by atoms with Gasteiger partial charge in [-0.1, -0.05) is 31.7 Å². The van der Waals surface area contributed by atoms with E-state index in [1.807, 2.05) is 101 Å². The summed E-state index contributed by atoms with van der Waals surface area (Å²) in [6.07, 6.45) is 0. The van der Waals surface area contributed by atoms with E-state index in [-0.39, 0.29) is 39.2 Å². The van der Waals surface area contributed by atoms with Crippen LogP contribution in [0.3, 0.4) is 0 Å². The molecule has 0 aliphatic carbocycles. The zero-order valence-corrected chi connectivity index (χ0v) is 55.6. The molecule has 0 spiro atoms. The molecule has 2 aromatic rings. The Morgan fingerprint density at radius 3 is 1.29 bits per heavy atom. The molecule has 2 aliphatic rings. The third kappa shape index (κ3) is 42.2. The maximum Gasteiger partial charge on any atom is 0.336 e. The van der Waals surface area contributed by atoms with Crippen molar-refractivity contribution in [2.24, 2.45) is 0 Å². The summed E-state index contributed by atoms with van der Waals surface area (Å²) in [5, 5.41) is 21.4. The Balaban J connectivity index is 0. The van der Waals surface area contributed by atoms with Gasteiger partial charge in [0.2, 0.25) is 0 Å². The zero-order chi connectivity index (χ0) is 45.0. The Morgan fingerprint density at radius 1 is 0.603 bits per heavy atom. The van der Waals surface area contributed by atoms with Crippen LogP contribution in [0.2, 0.25) is 0 Å². The van der Waals surface area contributed by atoms with Crippen molar-refractivity contribution >= 4 is 299 Å². The van der Waals surface area contributed by atoms with Crippen molar-refractivity contribution in [1.82, 2.24) is 9.62 Å². The van der Waals surface area contributed by atoms with E-state index in [1.54, 1.807) is 142 Å². The average molecular weight is 1470 g/mol. The second-order valence-corrected chi connectivity index (χ2v) is 58.7. The van der Waals surface area contributed by atoms with Gasteiger partial charge in [-0.15, -0.1) is 23.5 Å². The van der Waals surface area contributed by atoms with Crippen LogP contribution in [0, 0.1) is 0 Å². The van der Waals surface area contributed by atoms with E-state index in [0.29, 0.717) is 5.75 Å². The van der Waals surface area contributed by atoms with Crippen molar-refractivity contribution in [3.8, 4) is 0 Å². The molecule has 0 saturated carbocycles. The Labute approximate surface area is 463 Å². The van der Waals surface area contributed by atoms with Crippen molar-refractivity contribution < 1.29 is 37.1 Å². The van der Waals surface area contributed by atoms with Gasteiger partial charge in [-0.25, -0.2) is 0 Å². The number of rotatable bonds is 3. The van der Waals surface area contributed by atoms with E-state index in [9.17, 15) is 8.42 Å². The molecule has 368 valence electrons. The van der Waals surface area contributed by atoms with Gasteiger partial charge in [0.15, 0.2) is 0 Å². The number of aliphatic hydroxyl groups excluding tert-OH is 2. The second-order valence-electron chi connectivity index (χ2n) is 8.90. The van der Waals surface area contributed by atoms with E-state index >= 15 is 0 Å².